The smallest absolute Gasteiger partial charge is 0.270 e. The summed E-state index contributed by atoms with van der Waals surface area (Å²) in [5, 5.41) is 4.52. The largest absolute Gasteiger partial charge is 0.356 e. The van der Waals surface area contributed by atoms with Crippen molar-refractivity contribution < 1.29 is 4.79 Å². The lowest BCUT2D eigenvalue weighted by molar-refractivity contribution is 0.0629. The molecule has 1 amide bonds. The molecule has 1 aromatic heterocycles. The highest BCUT2D eigenvalue weighted by Gasteiger charge is 2.30. The first kappa shape index (κ1) is 14.4. The van der Waals surface area contributed by atoms with Crippen molar-refractivity contribution >= 4 is 29.1 Å². The van der Waals surface area contributed by atoms with E-state index in [1.807, 2.05) is 29.2 Å². The Labute approximate surface area is 133 Å². The Morgan fingerprint density at radius 3 is 2.81 bits per heavy atom. The number of amides is 1. The fourth-order valence-electron chi connectivity index (χ4n) is 2.62. The minimum atomic E-state index is -0.0815. The molecule has 1 aliphatic heterocycles. The number of carbonyl (C=O) groups excluding carboxylic acids is 1. The molecule has 1 aliphatic rings. The summed E-state index contributed by atoms with van der Waals surface area (Å²) in [4.78, 5) is 17.4. The topological polar surface area (TPSA) is 48.1 Å². The summed E-state index contributed by atoms with van der Waals surface area (Å²) in [6, 6.07) is 9.20. The van der Waals surface area contributed by atoms with Gasteiger partial charge in [0.05, 0.1) is 11.1 Å². The number of nitrogens with one attached hydrogen (secondary N) is 2. The molecule has 0 bridgehead atoms. The minimum Gasteiger partial charge on any atom is -0.356 e. The highest BCUT2D eigenvalue weighted by atomic mass is 35.5. The molecule has 2 aromatic rings. The number of H-pyrrole nitrogens is 1. The van der Waals surface area contributed by atoms with E-state index in [9.17, 15) is 4.79 Å². The third-order valence-electron chi connectivity index (χ3n) is 3.65. The predicted molar refractivity (Wildman–Crippen MR) is 83.9 cm³/mol. The molecule has 3 rings (SSSR count). The van der Waals surface area contributed by atoms with Crippen LogP contribution in [0.3, 0.4) is 0 Å². The van der Waals surface area contributed by atoms with Crippen LogP contribution in [0.1, 0.15) is 22.1 Å². The van der Waals surface area contributed by atoms with Crippen molar-refractivity contribution in [1.82, 2.24) is 15.2 Å². The molecule has 110 valence electrons. The van der Waals surface area contributed by atoms with Crippen LogP contribution in [0.4, 0.5) is 0 Å². The molecule has 0 spiro atoms. The van der Waals surface area contributed by atoms with Gasteiger partial charge in [0.25, 0.3) is 5.91 Å². The van der Waals surface area contributed by atoms with Gasteiger partial charge < -0.3 is 15.2 Å². The molecular weight excluding hydrogens is 309 g/mol. The van der Waals surface area contributed by atoms with Crippen LogP contribution in [-0.2, 0) is 0 Å². The van der Waals surface area contributed by atoms with E-state index in [4.69, 9.17) is 23.2 Å². The van der Waals surface area contributed by atoms with Crippen molar-refractivity contribution in [3.63, 3.8) is 0 Å². The number of aromatic nitrogens is 1. The van der Waals surface area contributed by atoms with Gasteiger partial charge in [0.2, 0.25) is 0 Å². The van der Waals surface area contributed by atoms with Crippen molar-refractivity contribution in [3.05, 3.63) is 57.8 Å². The molecule has 1 saturated heterocycles. The zero-order valence-corrected chi connectivity index (χ0v) is 12.8. The van der Waals surface area contributed by atoms with Gasteiger partial charge in [-0.3, -0.25) is 4.79 Å². The second kappa shape index (κ2) is 6.10. The van der Waals surface area contributed by atoms with E-state index in [0.717, 1.165) is 12.1 Å². The molecule has 1 unspecified atom stereocenters. The summed E-state index contributed by atoms with van der Waals surface area (Å²) >= 11 is 12.2. The summed E-state index contributed by atoms with van der Waals surface area (Å²) in [6.45, 7) is 2.08. The van der Waals surface area contributed by atoms with Gasteiger partial charge >= 0.3 is 0 Å². The Hall–Kier alpha value is -1.49. The first-order chi connectivity index (χ1) is 10.2. The minimum absolute atomic E-state index is 0.0617. The predicted octanol–water partition coefficient (Wildman–Crippen LogP) is 3.11. The number of rotatable bonds is 2. The molecule has 6 heteroatoms. The average Bonchev–Trinajstić information content (AvgIpc) is 2.94. The van der Waals surface area contributed by atoms with Crippen LogP contribution in [0.5, 0.6) is 0 Å². The van der Waals surface area contributed by atoms with Gasteiger partial charge in [-0.2, -0.15) is 0 Å². The third kappa shape index (κ3) is 2.93. The van der Waals surface area contributed by atoms with Crippen molar-refractivity contribution in [1.29, 1.82) is 0 Å². The van der Waals surface area contributed by atoms with Crippen LogP contribution in [0.2, 0.25) is 10.0 Å². The molecule has 21 heavy (non-hydrogen) atoms. The maximum Gasteiger partial charge on any atom is 0.270 e. The van der Waals surface area contributed by atoms with Gasteiger partial charge in [-0.25, -0.2) is 0 Å². The molecule has 1 fully saturated rings. The fourth-order valence-corrected chi connectivity index (χ4v) is 3.04. The molecule has 0 saturated carbocycles. The molecule has 1 atom stereocenters. The zero-order chi connectivity index (χ0) is 14.8. The Morgan fingerprint density at radius 2 is 2.10 bits per heavy atom. The molecule has 2 heterocycles. The number of hydrogen-bond acceptors (Lipinski definition) is 2. The molecular formula is C15H15Cl2N3O. The standard InChI is InChI=1S/C15H15Cl2N3O/c16-10-7-13(19-8-10)15(21)20-6-5-18-9-14(20)11-3-1-2-4-12(11)17/h1-4,7-8,14,18-19H,5-6,9H2. The van der Waals surface area contributed by atoms with E-state index in [0.29, 0.717) is 28.8 Å². The molecule has 2 N–H and O–H groups in total. The van der Waals surface area contributed by atoms with Crippen LogP contribution in [-0.4, -0.2) is 35.4 Å². The highest BCUT2D eigenvalue weighted by Crippen LogP contribution is 2.29. The first-order valence-electron chi connectivity index (χ1n) is 6.77. The maximum absolute atomic E-state index is 12.7. The molecule has 1 aromatic carbocycles. The van der Waals surface area contributed by atoms with Crippen molar-refractivity contribution in [2.45, 2.75) is 6.04 Å². The second-order valence-corrected chi connectivity index (χ2v) is 5.82. The molecule has 0 radical (unpaired) electrons. The van der Waals surface area contributed by atoms with E-state index in [-0.39, 0.29) is 11.9 Å². The number of halogens is 2. The normalized spacial score (nSPS) is 18.8. The van der Waals surface area contributed by atoms with Crippen LogP contribution in [0, 0.1) is 0 Å². The average molecular weight is 324 g/mol. The number of hydrogen-bond donors (Lipinski definition) is 2. The van der Waals surface area contributed by atoms with Crippen molar-refractivity contribution in [2.24, 2.45) is 0 Å². The van der Waals surface area contributed by atoms with Crippen molar-refractivity contribution in [3.8, 4) is 0 Å². The van der Waals surface area contributed by atoms with E-state index < -0.39 is 0 Å². The summed E-state index contributed by atoms with van der Waals surface area (Å²) in [7, 11) is 0. The number of nitrogens with zero attached hydrogens (tertiary/aromatic N) is 1. The van der Waals surface area contributed by atoms with Gasteiger partial charge in [0, 0.05) is 30.9 Å². The van der Waals surface area contributed by atoms with Gasteiger partial charge in [-0.1, -0.05) is 41.4 Å². The Kier molecular flexibility index (Phi) is 4.19. The van der Waals surface area contributed by atoms with Gasteiger partial charge in [0.1, 0.15) is 5.69 Å². The first-order valence-corrected chi connectivity index (χ1v) is 7.52. The summed E-state index contributed by atoms with van der Waals surface area (Å²) in [5.41, 5.74) is 1.45. The fraction of sp³-hybridized carbons (Fsp3) is 0.267. The summed E-state index contributed by atoms with van der Waals surface area (Å²) in [5.74, 6) is -0.0617. The molecule has 0 aliphatic carbocycles. The monoisotopic (exact) mass is 323 g/mol. The van der Waals surface area contributed by atoms with E-state index in [1.165, 1.54) is 0 Å². The molecule has 4 nitrogen and oxygen atoms in total. The lowest BCUT2D eigenvalue weighted by Crippen LogP contribution is -2.48. The van der Waals surface area contributed by atoms with Crippen LogP contribution in [0.15, 0.2) is 36.5 Å². The van der Waals surface area contributed by atoms with Crippen LogP contribution in [0.25, 0.3) is 0 Å². The number of piperazine rings is 1. The van der Waals surface area contributed by atoms with E-state index in [2.05, 4.69) is 10.3 Å². The summed E-state index contributed by atoms with van der Waals surface area (Å²) < 4.78 is 0. The maximum atomic E-state index is 12.7. The third-order valence-corrected chi connectivity index (χ3v) is 4.21. The SMILES string of the molecule is O=C(c1cc(Cl)c[nH]1)N1CCNCC1c1ccccc1Cl. The number of benzene rings is 1. The Bertz CT molecular complexity index is 656. The Balaban J connectivity index is 1.92. The Morgan fingerprint density at radius 1 is 1.29 bits per heavy atom. The van der Waals surface area contributed by atoms with Crippen LogP contribution >= 0.6 is 23.2 Å². The number of carbonyl (C=O) groups is 1. The summed E-state index contributed by atoms with van der Waals surface area (Å²) in [6.07, 6.45) is 1.61. The van der Waals surface area contributed by atoms with E-state index >= 15 is 0 Å². The van der Waals surface area contributed by atoms with Gasteiger partial charge in [0.15, 0.2) is 0 Å². The highest BCUT2D eigenvalue weighted by molar-refractivity contribution is 6.31. The lowest BCUT2D eigenvalue weighted by Gasteiger charge is -2.36. The lowest BCUT2D eigenvalue weighted by atomic mass is 10.0. The zero-order valence-electron chi connectivity index (χ0n) is 11.3. The van der Waals surface area contributed by atoms with Crippen LogP contribution < -0.4 is 5.32 Å². The van der Waals surface area contributed by atoms with Gasteiger partial charge in [-0.15, -0.1) is 0 Å². The van der Waals surface area contributed by atoms with E-state index in [1.54, 1.807) is 12.3 Å². The quantitative estimate of drug-likeness (QED) is 0.892. The number of aromatic amines is 1. The van der Waals surface area contributed by atoms with Crippen molar-refractivity contribution in [2.75, 3.05) is 19.6 Å². The second-order valence-electron chi connectivity index (χ2n) is 4.97. The van der Waals surface area contributed by atoms with Gasteiger partial charge in [-0.05, 0) is 17.7 Å².